The molecule has 4 heteroatoms. The van der Waals surface area contributed by atoms with Crippen molar-refractivity contribution >= 4 is 11.6 Å². The molecule has 0 radical (unpaired) electrons. The van der Waals surface area contributed by atoms with Gasteiger partial charge in [0, 0.05) is 5.69 Å². The molecule has 0 aromatic heterocycles. The molecule has 0 bridgehead atoms. The maximum Gasteiger partial charge on any atom is 0.232 e. The molecule has 1 N–H and O–H groups in total. The number of benzene rings is 2. The number of anilines is 1. The molecule has 0 aliphatic heterocycles. The van der Waals surface area contributed by atoms with Crippen LogP contribution in [-0.4, -0.2) is 20.1 Å². The van der Waals surface area contributed by atoms with Gasteiger partial charge in [-0.1, -0.05) is 38.1 Å². The SMILES string of the molecule is COc1ccc(C(C(=O)Nc2ccccc2C)C(C)C)cc1OC. The minimum atomic E-state index is -0.274. The highest BCUT2D eigenvalue weighted by Gasteiger charge is 2.25. The molecule has 24 heavy (non-hydrogen) atoms. The van der Waals surface area contributed by atoms with Crippen LogP contribution in [0.4, 0.5) is 5.69 Å². The highest BCUT2D eigenvalue weighted by atomic mass is 16.5. The second-order valence-electron chi connectivity index (χ2n) is 6.14. The predicted molar refractivity (Wildman–Crippen MR) is 96.9 cm³/mol. The van der Waals surface area contributed by atoms with Crippen molar-refractivity contribution in [2.75, 3.05) is 19.5 Å². The monoisotopic (exact) mass is 327 g/mol. The number of ether oxygens (including phenoxy) is 2. The Balaban J connectivity index is 2.32. The first-order valence-corrected chi connectivity index (χ1v) is 8.06. The first kappa shape index (κ1) is 17.9. The quantitative estimate of drug-likeness (QED) is 0.856. The molecule has 0 spiro atoms. The van der Waals surface area contributed by atoms with Crippen molar-refractivity contribution in [3.8, 4) is 11.5 Å². The lowest BCUT2D eigenvalue weighted by molar-refractivity contribution is -0.118. The minimum Gasteiger partial charge on any atom is -0.493 e. The smallest absolute Gasteiger partial charge is 0.232 e. The summed E-state index contributed by atoms with van der Waals surface area (Å²) in [5, 5.41) is 3.05. The van der Waals surface area contributed by atoms with Crippen LogP contribution in [-0.2, 0) is 4.79 Å². The van der Waals surface area contributed by atoms with Crippen LogP contribution in [0.2, 0.25) is 0 Å². The van der Waals surface area contributed by atoms with E-state index in [0.29, 0.717) is 11.5 Å². The minimum absolute atomic E-state index is 0.0217. The highest BCUT2D eigenvalue weighted by Crippen LogP contribution is 2.34. The fourth-order valence-corrected chi connectivity index (χ4v) is 2.81. The van der Waals surface area contributed by atoms with Gasteiger partial charge in [-0.2, -0.15) is 0 Å². The average Bonchev–Trinajstić information content (AvgIpc) is 2.56. The van der Waals surface area contributed by atoms with Crippen LogP contribution >= 0.6 is 0 Å². The van der Waals surface area contributed by atoms with Gasteiger partial charge in [-0.05, 0) is 42.2 Å². The second kappa shape index (κ2) is 7.86. The molecule has 2 aromatic carbocycles. The van der Waals surface area contributed by atoms with Crippen LogP contribution in [0.5, 0.6) is 11.5 Å². The normalized spacial score (nSPS) is 11.9. The lowest BCUT2D eigenvalue weighted by atomic mass is 9.87. The van der Waals surface area contributed by atoms with E-state index < -0.39 is 0 Å². The van der Waals surface area contributed by atoms with Crippen molar-refractivity contribution in [3.63, 3.8) is 0 Å². The summed E-state index contributed by atoms with van der Waals surface area (Å²) >= 11 is 0. The lowest BCUT2D eigenvalue weighted by Gasteiger charge is -2.22. The number of aryl methyl sites for hydroxylation is 1. The largest absolute Gasteiger partial charge is 0.493 e. The second-order valence-corrected chi connectivity index (χ2v) is 6.14. The van der Waals surface area contributed by atoms with E-state index in [1.54, 1.807) is 14.2 Å². The summed E-state index contributed by atoms with van der Waals surface area (Å²) in [7, 11) is 3.20. The van der Waals surface area contributed by atoms with Gasteiger partial charge < -0.3 is 14.8 Å². The van der Waals surface area contributed by atoms with Crippen molar-refractivity contribution in [3.05, 3.63) is 53.6 Å². The van der Waals surface area contributed by atoms with Crippen molar-refractivity contribution in [1.29, 1.82) is 0 Å². The standard InChI is InChI=1S/C20H25NO3/c1-13(2)19(15-10-11-17(23-4)18(12-15)24-5)20(22)21-16-9-7-6-8-14(16)3/h6-13,19H,1-5H3,(H,21,22). The third-order valence-electron chi connectivity index (χ3n) is 4.12. The number of amides is 1. The summed E-state index contributed by atoms with van der Waals surface area (Å²) in [4.78, 5) is 12.9. The van der Waals surface area contributed by atoms with Crippen molar-refractivity contribution in [1.82, 2.24) is 0 Å². The van der Waals surface area contributed by atoms with E-state index in [-0.39, 0.29) is 17.7 Å². The van der Waals surface area contributed by atoms with Crippen molar-refractivity contribution < 1.29 is 14.3 Å². The van der Waals surface area contributed by atoms with Gasteiger partial charge in [-0.15, -0.1) is 0 Å². The Hall–Kier alpha value is -2.49. The Morgan fingerprint density at radius 1 is 1.00 bits per heavy atom. The number of nitrogens with one attached hydrogen (secondary N) is 1. The van der Waals surface area contributed by atoms with E-state index in [9.17, 15) is 4.79 Å². The summed E-state index contributed by atoms with van der Waals surface area (Å²) in [6, 6.07) is 13.4. The summed E-state index contributed by atoms with van der Waals surface area (Å²) in [5.74, 6) is 1.13. The molecule has 2 rings (SSSR count). The molecule has 4 nitrogen and oxygen atoms in total. The van der Waals surface area contributed by atoms with E-state index in [4.69, 9.17) is 9.47 Å². The molecule has 128 valence electrons. The number of rotatable bonds is 6. The third kappa shape index (κ3) is 3.88. The number of methoxy groups -OCH3 is 2. The van der Waals surface area contributed by atoms with Gasteiger partial charge in [-0.3, -0.25) is 4.79 Å². The van der Waals surface area contributed by atoms with Crippen LogP contribution in [0.3, 0.4) is 0 Å². The zero-order valence-corrected chi connectivity index (χ0v) is 14.9. The average molecular weight is 327 g/mol. The van der Waals surface area contributed by atoms with Gasteiger partial charge in [0.05, 0.1) is 20.1 Å². The van der Waals surface area contributed by atoms with E-state index >= 15 is 0 Å². The number of para-hydroxylation sites is 1. The Labute approximate surface area is 143 Å². The fourth-order valence-electron chi connectivity index (χ4n) is 2.81. The highest BCUT2D eigenvalue weighted by molar-refractivity contribution is 5.96. The maximum atomic E-state index is 12.9. The van der Waals surface area contributed by atoms with Gasteiger partial charge >= 0.3 is 0 Å². The van der Waals surface area contributed by atoms with Crippen LogP contribution in [0.15, 0.2) is 42.5 Å². The topological polar surface area (TPSA) is 47.6 Å². The van der Waals surface area contributed by atoms with Crippen LogP contribution < -0.4 is 14.8 Å². The molecule has 0 saturated heterocycles. The molecule has 2 aromatic rings. The van der Waals surface area contributed by atoms with Crippen LogP contribution in [0, 0.1) is 12.8 Å². The molecular weight excluding hydrogens is 302 g/mol. The Morgan fingerprint density at radius 3 is 2.25 bits per heavy atom. The van der Waals surface area contributed by atoms with Gasteiger partial charge in [0.25, 0.3) is 0 Å². The molecular formula is C20H25NO3. The van der Waals surface area contributed by atoms with Crippen molar-refractivity contribution in [2.45, 2.75) is 26.7 Å². The molecule has 0 fully saturated rings. The molecule has 0 aliphatic rings. The Bertz CT molecular complexity index is 710. The molecule has 0 aliphatic carbocycles. The third-order valence-corrected chi connectivity index (χ3v) is 4.12. The van der Waals surface area contributed by atoms with E-state index in [1.165, 1.54) is 0 Å². The molecule has 1 amide bonds. The fraction of sp³-hybridized carbons (Fsp3) is 0.350. The number of hydrogen-bond acceptors (Lipinski definition) is 3. The molecule has 0 saturated carbocycles. The Kier molecular flexibility index (Phi) is 5.85. The summed E-state index contributed by atoms with van der Waals surface area (Å²) in [6.07, 6.45) is 0. The summed E-state index contributed by atoms with van der Waals surface area (Å²) in [5.41, 5.74) is 2.79. The molecule has 1 unspecified atom stereocenters. The van der Waals surface area contributed by atoms with Gasteiger partial charge in [0.15, 0.2) is 11.5 Å². The van der Waals surface area contributed by atoms with Crippen LogP contribution in [0.25, 0.3) is 0 Å². The number of carbonyl (C=O) groups excluding carboxylic acids is 1. The molecule has 1 atom stereocenters. The van der Waals surface area contributed by atoms with E-state index in [2.05, 4.69) is 5.32 Å². The Morgan fingerprint density at radius 2 is 1.67 bits per heavy atom. The van der Waals surface area contributed by atoms with Gasteiger partial charge in [0.1, 0.15) is 0 Å². The lowest BCUT2D eigenvalue weighted by Crippen LogP contribution is -2.25. The van der Waals surface area contributed by atoms with E-state index in [0.717, 1.165) is 16.8 Å². The summed E-state index contributed by atoms with van der Waals surface area (Å²) < 4.78 is 10.6. The van der Waals surface area contributed by atoms with E-state index in [1.807, 2.05) is 63.2 Å². The zero-order valence-electron chi connectivity index (χ0n) is 14.9. The van der Waals surface area contributed by atoms with Crippen molar-refractivity contribution in [2.24, 2.45) is 5.92 Å². The zero-order chi connectivity index (χ0) is 17.7. The van der Waals surface area contributed by atoms with Gasteiger partial charge in [-0.25, -0.2) is 0 Å². The number of carbonyl (C=O) groups is 1. The summed E-state index contributed by atoms with van der Waals surface area (Å²) in [6.45, 7) is 6.06. The molecule has 0 heterocycles. The van der Waals surface area contributed by atoms with Gasteiger partial charge in [0.2, 0.25) is 5.91 Å². The van der Waals surface area contributed by atoms with Crippen LogP contribution in [0.1, 0.15) is 30.9 Å². The first-order valence-electron chi connectivity index (χ1n) is 8.06. The predicted octanol–water partition coefficient (Wildman–Crippen LogP) is 4.39. The maximum absolute atomic E-state index is 12.9. The number of hydrogen-bond donors (Lipinski definition) is 1. The first-order chi connectivity index (χ1) is 11.5.